The molecule has 7 heteroatoms. The van der Waals surface area contributed by atoms with Gasteiger partial charge in [0.05, 0.1) is 13.3 Å². The summed E-state index contributed by atoms with van der Waals surface area (Å²) in [6.07, 6.45) is 0.184. The lowest BCUT2D eigenvalue weighted by Gasteiger charge is -2.11. The van der Waals surface area contributed by atoms with Gasteiger partial charge in [0.25, 0.3) is 5.91 Å². The molecule has 1 amide bonds. The number of nitrogens with zero attached hydrogens (tertiary/aromatic N) is 1. The second-order valence-corrected chi connectivity index (χ2v) is 7.29. The lowest BCUT2D eigenvalue weighted by atomic mass is 10.1. The fourth-order valence-corrected chi connectivity index (χ4v) is 2.91. The average molecular weight is 469 g/mol. The number of halogens is 1. The van der Waals surface area contributed by atoms with Crippen molar-refractivity contribution in [2.75, 3.05) is 7.11 Å². The molecule has 0 aliphatic carbocycles. The van der Waals surface area contributed by atoms with Crippen molar-refractivity contribution >= 4 is 28.1 Å². The second-order valence-electron chi connectivity index (χ2n) is 6.37. The predicted octanol–water partition coefficient (Wildman–Crippen LogP) is 4.22. The van der Waals surface area contributed by atoms with Crippen LogP contribution in [0.1, 0.15) is 22.8 Å². The molecule has 0 heterocycles. The number of benzene rings is 3. The molecule has 0 unspecified atom stereocenters. The minimum atomic E-state index is -1.28. The quantitative estimate of drug-likeness (QED) is 0.383. The van der Waals surface area contributed by atoms with Gasteiger partial charge in [0.1, 0.15) is 6.61 Å². The Kier molecular flexibility index (Phi) is 7.59. The lowest BCUT2D eigenvalue weighted by molar-refractivity contribution is -0.129. The van der Waals surface area contributed by atoms with E-state index in [1.807, 2.05) is 30.3 Å². The molecule has 6 nitrogen and oxygen atoms in total. The molecule has 0 aliphatic rings. The number of carbonyl (C=O) groups excluding carboxylic acids is 1. The average Bonchev–Trinajstić information content (AvgIpc) is 2.79. The van der Waals surface area contributed by atoms with E-state index in [1.54, 1.807) is 49.6 Å². The van der Waals surface area contributed by atoms with Crippen LogP contribution in [-0.4, -0.2) is 24.3 Å². The summed E-state index contributed by atoms with van der Waals surface area (Å²) in [5.41, 5.74) is 4.58. The number of hydrogen-bond donors (Lipinski definition) is 2. The fraction of sp³-hybridized carbons (Fsp3) is 0.130. The van der Waals surface area contributed by atoms with Crippen molar-refractivity contribution in [1.82, 2.24) is 5.43 Å². The fourth-order valence-electron chi connectivity index (χ4n) is 2.64. The smallest absolute Gasteiger partial charge is 0.273 e. The monoisotopic (exact) mass is 468 g/mol. The van der Waals surface area contributed by atoms with Crippen LogP contribution >= 0.6 is 15.9 Å². The maximum atomic E-state index is 12.0. The second kappa shape index (κ2) is 10.6. The molecule has 154 valence electrons. The molecule has 3 aromatic rings. The molecule has 0 aliphatic heterocycles. The summed E-state index contributed by atoms with van der Waals surface area (Å²) in [5.74, 6) is 0.534. The Morgan fingerprint density at radius 2 is 1.83 bits per heavy atom. The lowest BCUT2D eigenvalue weighted by Crippen LogP contribution is -2.25. The van der Waals surface area contributed by atoms with Crippen LogP contribution in [0.2, 0.25) is 0 Å². The Labute approximate surface area is 183 Å². The summed E-state index contributed by atoms with van der Waals surface area (Å²) in [6, 6.07) is 21.8. The SMILES string of the molecule is COc1cc(/C=N\NC(=O)[C@@H](O)c2ccccc2)ccc1OCc1ccc(Br)cc1. The topological polar surface area (TPSA) is 80.2 Å². The molecule has 1 atom stereocenters. The van der Waals surface area contributed by atoms with E-state index < -0.39 is 12.0 Å². The Morgan fingerprint density at radius 1 is 1.10 bits per heavy atom. The van der Waals surface area contributed by atoms with Crippen LogP contribution in [0.15, 0.2) is 82.4 Å². The van der Waals surface area contributed by atoms with Crippen molar-refractivity contribution in [1.29, 1.82) is 0 Å². The highest BCUT2D eigenvalue weighted by Gasteiger charge is 2.16. The highest BCUT2D eigenvalue weighted by Crippen LogP contribution is 2.28. The van der Waals surface area contributed by atoms with Crippen molar-refractivity contribution < 1.29 is 19.4 Å². The number of carbonyl (C=O) groups is 1. The first-order valence-electron chi connectivity index (χ1n) is 9.18. The maximum absolute atomic E-state index is 12.0. The molecule has 0 radical (unpaired) electrons. The first-order valence-corrected chi connectivity index (χ1v) is 9.97. The van der Waals surface area contributed by atoms with Gasteiger partial charge in [-0.2, -0.15) is 5.10 Å². The van der Waals surface area contributed by atoms with Gasteiger partial charge >= 0.3 is 0 Å². The van der Waals surface area contributed by atoms with Crippen molar-refractivity contribution in [3.8, 4) is 11.5 Å². The van der Waals surface area contributed by atoms with Crippen molar-refractivity contribution in [2.45, 2.75) is 12.7 Å². The Bertz CT molecular complexity index is 1010. The number of methoxy groups -OCH3 is 1. The van der Waals surface area contributed by atoms with Gasteiger partial charge in [0.15, 0.2) is 17.6 Å². The zero-order valence-corrected chi connectivity index (χ0v) is 17.9. The third-order valence-electron chi connectivity index (χ3n) is 4.25. The number of hydrazone groups is 1. The predicted molar refractivity (Wildman–Crippen MR) is 119 cm³/mol. The molecule has 30 heavy (non-hydrogen) atoms. The van der Waals surface area contributed by atoms with Gasteiger partial charge in [0.2, 0.25) is 0 Å². The van der Waals surface area contributed by atoms with Gasteiger partial charge in [-0.05, 0) is 47.0 Å². The van der Waals surface area contributed by atoms with E-state index in [-0.39, 0.29) is 0 Å². The van der Waals surface area contributed by atoms with E-state index >= 15 is 0 Å². The number of hydrogen-bond acceptors (Lipinski definition) is 5. The maximum Gasteiger partial charge on any atom is 0.273 e. The van der Waals surface area contributed by atoms with Gasteiger partial charge in [0, 0.05) is 4.47 Å². The molecular weight excluding hydrogens is 448 g/mol. The van der Waals surface area contributed by atoms with Crippen LogP contribution in [-0.2, 0) is 11.4 Å². The molecule has 2 N–H and O–H groups in total. The standard InChI is InChI=1S/C23H21BrN2O4/c1-29-21-13-17(9-12-20(21)30-15-16-7-10-19(24)11-8-16)14-25-26-23(28)22(27)18-5-3-2-4-6-18/h2-14,22,27H,15H2,1H3,(H,26,28)/b25-14-/t22-/m0/s1. The molecule has 0 fully saturated rings. The van der Waals surface area contributed by atoms with Crippen LogP contribution in [0.5, 0.6) is 11.5 Å². The van der Waals surface area contributed by atoms with Crippen molar-refractivity contribution in [3.63, 3.8) is 0 Å². The summed E-state index contributed by atoms with van der Waals surface area (Å²) in [5, 5.41) is 14.0. The van der Waals surface area contributed by atoms with Gasteiger partial charge in [-0.3, -0.25) is 4.79 Å². The van der Waals surface area contributed by atoms with Gasteiger partial charge in [-0.25, -0.2) is 5.43 Å². The minimum Gasteiger partial charge on any atom is -0.493 e. The molecule has 0 spiro atoms. The first kappa shape index (κ1) is 21.5. The van der Waals surface area contributed by atoms with Crippen LogP contribution in [0.25, 0.3) is 0 Å². The summed E-state index contributed by atoms with van der Waals surface area (Å²) in [7, 11) is 1.56. The number of ether oxygens (including phenoxy) is 2. The molecule has 0 saturated heterocycles. The molecular formula is C23H21BrN2O4. The molecule has 0 saturated carbocycles. The summed E-state index contributed by atoms with van der Waals surface area (Å²) in [6.45, 7) is 0.407. The van der Waals surface area contributed by atoms with E-state index in [4.69, 9.17) is 9.47 Å². The summed E-state index contributed by atoms with van der Waals surface area (Å²) >= 11 is 3.41. The zero-order valence-electron chi connectivity index (χ0n) is 16.3. The van der Waals surface area contributed by atoms with E-state index in [9.17, 15) is 9.90 Å². The van der Waals surface area contributed by atoms with Gasteiger partial charge < -0.3 is 14.6 Å². The Balaban J connectivity index is 1.59. The van der Waals surface area contributed by atoms with Crippen molar-refractivity contribution in [3.05, 3.63) is 94.0 Å². The molecule has 3 aromatic carbocycles. The van der Waals surface area contributed by atoms with E-state index in [0.29, 0.717) is 29.2 Å². The zero-order chi connectivity index (χ0) is 21.3. The van der Waals surface area contributed by atoms with Crippen LogP contribution in [0.3, 0.4) is 0 Å². The third kappa shape index (κ3) is 5.92. The summed E-state index contributed by atoms with van der Waals surface area (Å²) < 4.78 is 12.3. The van der Waals surface area contributed by atoms with Crippen LogP contribution in [0, 0.1) is 0 Å². The van der Waals surface area contributed by atoms with Gasteiger partial charge in [-0.1, -0.05) is 58.4 Å². The number of aliphatic hydroxyl groups is 1. The Hall–Kier alpha value is -3.16. The van der Waals surface area contributed by atoms with E-state index in [0.717, 1.165) is 10.0 Å². The minimum absolute atomic E-state index is 0.407. The normalized spacial score (nSPS) is 11.8. The van der Waals surface area contributed by atoms with E-state index in [2.05, 4.69) is 26.5 Å². The highest BCUT2D eigenvalue weighted by molar-refractivity contribution is 9.10. The Morgan fingerprint density at radius 3 is 2.53 bits per heavy atom. The number of aliphatic hydroxyl groups excluding tert-OH is 1. The molecule has 0 bridgehead atoms. The van der Waals surface area contributed by atoms with E-state index in [1.165, 1.54) is 6.21 Å². The van der Waals surface area contributed by atoms with Crippen molar-refractivity contribution in [2.24, 2.45) is 5.10 Å². The number of rotatable bonds is 8. The third-order valence-corrected chi connectivity index (χ3v) is 4.78. The largest absolute Gasteiger partial charge is 0.493 e. The molecule has 3 rings (SSSR count). The number of nitrogens with one attached hydrogen (secondary N) is 1. The van der Waals surface area contributed by atoms with Gasteiger partial charge in [-0.15, -0.1) is 0 Å². The number of amides is 1. The molecule has 0 aromatic heterocycles. The first-order chi connectivity index (χ1) is 14.6. The summed E-state index contributed by atoms with van der Waals surface area (Å²) in [4.78, 5) is 12.0. The van der Waals surface area contributed by atoms with Crippen LogP contribution in [0.4, 0.5) is 0 Å². The van der Waals surface area contributed by atoms with Crippen LogP contribution < -0.4 is 14.9 Å². The highest BCUT2D eigenvalue weighted by atomic mass is 79.9.